The molecule has 10 heteroatoms. The molecule has 1 atom stereocenters. The molecule has 1 fully saturated rings. The van der Waals surface area contributed by atoms with Gasteiger partial charge >= 0.3 is 6.09 Å². The van der Waals surface area contributed by atoms with E-state index in [1.54, 1.807) is 0 Å². The normalized spacial score (nSPS) is 14.4. The summed E-state index contributed by atoms with van der Waals surface area (Å²) < 4.78 is 0. The predicted molar refractivity (Wildman–Crippen MR) is 87.8 cm³/mol. The molecule has 134 valence electrons. The summed E-state index contributed by atoms with van der Waals surface area (Å²) in [5.74, 6) is -0.650. The lowest BCUT2D eigenvalue weighted by Crippen LogP contribution is -2.46. The molecule has 1 aromatic rings. The predicted octanol–water partition coefficient (Wildman–Crippen LogP) is 2.08. The summed E-state index contributed by atoms with van der Waals surface area (Å²) in [5, 5.41) is 22.2. The maximum absolute atomic E-state index is 12.9. The van der Waals surface area contributed by atoms with E-state index in [0.29, 0.717) is 19.1 Å². The Kier molecular flexibility index (Phi) is 5.92. The second kappa shape index (κ2) is 7.93. The maximum Gasteiger partial charge on any atom is 0.404 e. The second-order valence-corrected chi connectivity index (χ2v) is 6.04. The average molecular weight is 370 g/mol. The van der Waals surface area contributed by atoms with Gasteiger partial charge in [-0.1, -0.05) is 17.7 Å². The van der Waals surface area contributed by atoms with Crippen LogP contribution in [-0.2, 0) is 4.79 Å². The molecule has 25 heavy (non-hydrogen) atoms. The Labute approximate surface area is 147 Å². The van der Waals surface area contributed by atoms with Gasteiger partial charge in [-0.15, -0.1) is 0 Å². The van der Waals surface area contributed by atoms with E-state index in [2.05, 4.69) is 5.32 Å². The number of amides is 2. The lowest BCUT2D eigenvalue weighted by atomic mass is 10.1. The van der Waals surface area contributed by atoms with Crippen LogP contribution in [0.15, 0.2) is 18.2 Å². The lowest BCUT2D eigenvalue weighted by molar-refractivity contribution is -0.385. The summed E-state index contributed by atoms with van der Waals surface area (Å²) in [6, 6.07) is 2.97. The largest absolute Gasteiger partial charge is 0.465 e. The Morgan fingerprint density at radius 2 is 2.16 bits per heavy atom. The van der Waals surface area contributed by atoms with Crippen LogP contribution in [0, 0.1) is 10.1 Å². The summed E-state index contributed by atoms with van der Waals surface area (Å²) in [6.07, 6.45) is 0.510. The Bertz CT molecular complexity index is 707. The van der Waals surface area contributed by atoms with E-state index in [4.69, 9.17) is 16.7 Å². The zero-order valence-electron chi connectivity index (χ0n) is 13.1. The fourth-order valence-corrected chi connectivity index (χ4v) is 2.76. The number of benzene rings is 1. The number of nitrogens with zero attached hydrogens (tertiary/aromatic N) is 2. The van der Waals surface area contributed by atoms with Gasteiger partial charge in [-0.05, 0) is 18.9 Å². The first-order valence-corrected chi connectivity index (χ1v) is 7.90. The van der Waals surface area contributed by atoms with Crippen molar-refractivity contribution in [3.63, 3.8) is 0 Å². The summed E-state index contributed by atoms with van der Waals surface area (Å²) in [4.78, 5) is 46.3. The van der Waals surface area contributed by atoms with Crippen LogP contribution < -0.4 is 5.32 Å². The van der Waals surface area contributed by atoms with Crippen molar-refractivity contribution in [2.24, 2.45) is 0 Å². The third-order valence-electron chi connectivity index (χ3n) is 3.78. The van der Waals surface area contributed by atoms with E-state index < -0.39 is 28.7 Å². The highest BCUT2D eigenvalue weighted by Gasteiger charge is 2.38. The van der Waals surface area contributed by atoms with Crippen molar-refractivity contribution in [3.05, 3.63) is 38.9 Å². The van der Waals surface area contributed by atoms with Crippen LogP contribution in [0.1, 0.15) is 29.6 Å². The number of nitro benzene ring substituents is 1. The number of halogens is 1. The quantitative estimate of drug-likeness (QED) is 0.410. The first kappa shape index (κ1) is 18.7. The van der Waals surface area contributed by atoms with Gasteiger partial charge in [0, 0.05) is 25.1 Å². The highest BCUT2D eigenvalue weighted by molar-refractivity contribution is 6.34. The van der Waals surface area contributed by atoms with E-state index >= 15 is 0 Å². The molecule has 1 aromatic carbocycles. The van der Waals surface area contributed by atoms with Gasteiger partial charge in [0.1, 0.15) is 11.8 Å². The number of carboxylic acid groups (broad SMARTS) is 1. The van der Waals surface area contributed by atoms with Crippen LogP contribution in [-0.4, -0.2) is 51.8 Å². The Hall–Kier alpha value is -2.68. The molecule has 0 spiro atoms. The topological polar surface area (TPSA) is 130 Å². The summed E-state index contributed by atoms with van der Waals surface area (Å²) in [7, 11) is 0. The SMILES string of the molecule is O=CCC(CN(C(=O)c1c(Cl)cccc1[N+](=O)[O-])C1CC1)NC(=O)O. The molecular formula is C15H16ClN3O6. The van der Waals surface area contributed by atoms with Crippen molar-refractivity contribution in [3.8, 4) is 0 Å². The molecule has 1 aliphatic rings. The molecule has 0 bridgehead atoms. The number of hydrogen-bond acceptors (Lipinski definition) is 5. The van der Waals surface area contributed by atoms with Gasteiger partial charge in [0.25, 0.3) is 11.6 Å². The van der Waals surface area contributed by atoms with Crippen molar-refractivity contribution in [1.29, 1.82) is 0 Å². The number of nitro groups is 1. The van der Waals surface area contributed by atoms with Crippen molar-refractivity contribution < 1.29 is 24.4 Å². The van der Waals surface area contributed by atoms with Crippen LogP contribution in [0.2, 0.25) is 5.02 Å². The van der Waals surface area contributed by atoms with Gasteiger partial charge in [-0.2, -0.15) is 0 Å². The van der Waals surface area contributed by atoms with E-state index in [9.17, 15) is 24.5 Å². The van der Waals surface area contributed by atoms with Crippen molar-refractivity contribution in [2.75, 3.05) is 6.54 Å². The third kappa shape index (κ3) is 4.66. The molecule has 0 saturated heterocycles. The molecule has 2 rings (SSSR count). The summed E-state index contributed by atoms with van der Waals surface area (Å²) in [5.41, 5.74) is -0.650. The molecule has 9 nitrogen and oxygen atoms in total. The van der Waals surface area contributed by atoms with E-state index in [0.717, 1.165) is 0 Å². The average Bonchev–Trinajstić information content (AvgIpc) is 3.35. The number of aldehydes is 1. The van der Waals surface area contributed by atoms with Gasteiger partial charge in [0.2, 0.25) is 0 Å². The van der Waals surface area contributed by atoms with E-state index in [-0.39, 0.29) is 29.6 Å². The fraction of sp³-hybridized carbons (Fsp3) is 0.400. The summed E-state index contributed by atoms with van der Waals surface area (Å²) >= 11 is 6.00. The molecule has 0 aliphatic heterocycles. The number of carbonyl (C=O) groups is 3. The van der Waals surface area contributed by atoms with Crippen molar-refractivity contribution in [1.82, 2.24) is 10.2 Å². The third-order valence-corrected chi connectivity index (χ3v) is 4.09. The minimum absolute atomic E-state index is 0.0528. The standard InChI is InChI=1S/C15H16ClN3O6/c16-11-2-1-3-12(19(24)25)13(11)14(21)18(10-4-5-10)8-9(6-7-20)17-15(22)23/h1-3,7,9-10,17H,4-6,8H2,(H,22,23). The van der Waals surface area contributed by atoms with Crippen LogP contribution >= 0.6 is 11.6 Å². The van der Waals surface area contributed by atoms with Crippen LogP contribution in [0.4, 0.5) is 10.5 Å². The fourth-order valence-electron chi connectivity index (χ4n) is 2.51. The van der Waals surface area contributed by atoms with Crippen LogP contribution in [0.3, 0.4) is 0 Å². The summed E-state index contributed by atoms with van der Waals surface area (Å²) in [6.45, 7) is -0.0725. The van der Waals surface area contributed by atoms with Gasteiger partial charge < -0.3 is 20.1 Å². The molecule has 2 amide bonds. The highest BCUT2D eigenvalue weighted by Crippen LogP contribution is 2.33. The van der Waals surface area contributed by atoms with Crippen molar-refractivity contribution >= 4 is 35.6 Å². The van der Waals surface area contributed by atoms with Gasteiger partial charge in [0.05, 0.1) is 16.0 Å². The Balaban J connectivity index is 2.31. The number of rotatable bonds is 8. The van der Waals surface area contributed by atoms with Crippen LogP contribution in [0.25, 0.3) is 0 Å². The second-order valence-electron chi connectivity index (χ2n) is 5.63. The van der Waals surface area contributed by atoms with Crippen molar-refractivity contribution in [2.45, 2.75) is 31.3 Å². The molecule has 1 unspecified atom stereocenters. The molecule has 0 heterocycles. The molecule has 2 N–H and O–H groups in total. The number of carbonyl (C=O) groups excluding carboxylic acids is 2. The first-order chi connectivity index (χ1) is 11.8. The van der Waals surface area contributed by atoms with E-state index in [1.165, 1.54) is 23.1 Å². The minimum Gasteiger partial charge on any atom is -0.465 e. The lowest BCUT2D eigenvalue weighted by Gasteiger charge is -2.27. The Morgan fingerprint density at radius 1 is 1.48 bits per heavy atom. The van der Waals surface area contributed by atoms with Gasteiger partial charge in [0.15, 0.2) is 0 Å². The molecule has 1 saturated carbocycles. The minimum atomic E-state index is -1.32. The first-order valence-electron chi connectivity index (χ1n) is 7.52. The number of nitrogens with one attached hydrogen (secondary N) is 1. The van der Waals surface area contributed by atoms with Gasteiger partial charge in [-0.3, -0.25) is 14.9 Å². The van der Waals surface area contributed by atoms with Gasteiger partial charge in [-0.25, -0.2) is 4.79 Å². The van der Waals surface area contributed by atoms with Crippen LogP contribution in [0.5, 0.6) is 0 Å². The molecule has 0 aromatic heterocycles. The zero-order valence-corrected chi connectivity index (χ0v) is 13.8. The molecular weight excluding hydrogens is 354 g/mol. The van der Waals surface area contributed by atoms with E-state index in [1.807, 2.05) is 0 Å². The molecule has 1 aliphatic carbocycles. The maximum atomic E-state index is 12.9. The molecule has 0 radical (unpaired) electrons. The number of hydrogen-bond donors (Lipinski definition) is 2. The smallest absolute Gasteiger partial charge is 0.404 e. The Morgan fingerprint density at radius 3 is 2.68 bits per heavy atom. The highest BCUT2D eigenvalue weighted by atomic mass is 35.5. The zero-order chi connectivity index (χ0) is 18.6. The monoisotopic (exact) mass is 369 g/mol.